The van der Waals surface area contributed by atoms with Gasteiger partial charge in [0, 0.05) is 15.4 Å². The summed E-state index contributed by atoms with van der Waals surface area (Å²) in [4.78, 5) is 29.3. The van der Waals surface area contributed by atoms with E-state index >= 15 is 0 Å². The number of benzene rings is 4. The maximum atomic E-state index is 13.4. The minimum Gasteiger partial charge on any atom is -0.495 e. The number of aromatic nitrogens is 1. The van der Waals surface area contributed by atoms with Crippen molar-refractivity contribution < 1.29 is 23.8 Å². The quantitative estimate of drug-likeness (QED) is 0.0742. The van der Waals surface area contributed by atoms with E-state index in [0.717, 1.165) is 15.4 Å². The van der Waals surface area contributed by atoms with E-state index in [4.69, 9.17) is 25.8 Å². The molecule has 42 heavy (non-hydrogen) atoms. The van der Waals surface area contributed by atoms with Crippen molar-refractivity contribution in [3.8, 4) is 28.4 Å². The molecule has 5 rings (SSSR count). The van der Waals surface area contributed by atoms with Crippen LogP contribution in [0.2, 0.25) is 5.02 Å². The van der Waals surface area contributed by atoms with Gasteiger partial charge in [-0.2, -0.15) is 5.10 Å². The van der Waals surface area contributed by atoms with E-state index in [1.165, 1.54) is 6.21 Å². The van der Waals surface area contributed by atoms with Crippen LogP contribution in [0, 0.1) is 0 Å². The predicted molar refractivity (Wildman–Crippen MR) is 167 cm³/mol. The van der Waals surface area contributed by atoms with E-state index < -0.39 is 11.9 Å². The molecule has 5 aromatic rings. The molecule has 1 amide bonds. The summed E-state index contributed by atoms with van der Waals surface area (Å²) >= 11 is 9.76. The van der Waals surface area contributed by atoms with Gasteiger partial charge in [-0.3, -0.25) is 4.79 Å². The zero-order valence-electron chi connectivity index (χ0n) is 22.6. The van der Waals surface area contributed by atoms with Crippen molar-refractivity contribution in [1.82, 2.24) is 10.4 Å². The number of hydrogen-bond acceptors (Lipinski definition) is 6. The maximum Gasteiger partial charge on any atom is 0.345 e. The summed E-state index contributed by atoms with van der Waals surface area (Å²) in [5.41, 5.74) is 6.04. The third-order valence-corrected chi connectivity index (χ3v) is 7.31. The number of aromatic amines is 1. The number of amides is 1. The molecule has 0 aliphatic rings. The second-order valence-corrected chi connectivity index (χ2v) is 10.2. The van der Waals surface area contributed by atoms with Gasteiger partial charge in [-0.25, -0.2) is 10.2 Å². The number of carbonyl (C=O) groups excluding carboxylic acids is 2. The van der Waals surface area contributed by atoms with E-state index in [9.17, 15) is 9.59 Å². The Morgan fingerprint density at radius 2 is 1.71 bits per heavy atom. The summed E-state index contributed by atoms with van der Waals surface area (Å²) < 4.78 is 17.6. The molecule has 0 atom stereocenters. The molecule has 0 aliphatic carbocycles. The van der Waals surface area contributed by atoms with Gasteiger partial charge in [0.05, 0.1) is 36.0 Å². The Labute approximate surface area is 255 Å². The first-order valence-corrected chi connectivity index (χ1v) is 14.1. The summed E-state index contributed by atoms with van der Waals surface area (Å²) in [6, 6.07) is 24.9. The van der Waals surface area contributed by atoms with Gasteiger partial charge in [0.1, 0.15) is 11.4 Å². The lowest BCUT2D eigenvalue weighted by Crippen LogP contribution is -2.19. The van der Waals surface area contributed by atoms with Crippen LogP contribution in [-0.4, -0.2) is 36.8 Å². The molecular weight excluding hydrogens is 622 g/mol. The monoisotopic (exact) mass is 645 g/mol. The molecule has 0 saturated carbocycles. The minimum atomic E-state index is -0.606. The number of hydrazone groups is 1. The van der Waals surface area contributed by atoms with Gasteiger partial charge < -0.3 is 19.2 Å². The normalized spacial score (nSPS) is 11.0. The number of fused-ring (bicyclic) bond motifs is 1. The highest BCUT2D eigenvalue weighted by atomic mass is 79.9. The van der Waals surface area contributed by atoms with Crippen molar-refractivity contribution >= 4 is 56.5 Å². The second-order valence-electron chi connectivity index (χ2n) is 8.95. The van der Waals surface area contributed by atoms with Crippen LogP contribution < -0.4 is 19.6 Å². The van der Waals surface area contributed by atoms with Gasteiger partial charge in [-0.15, -0.1) is 0 Å². The number of rotatable bonds is 9. The van der Waals surface area contributed by atoms with Crippen LogP contribution in [0.1, 0.15) is 33.3 Å². The van der Waals surface area contributed by atoms with Crippen LogP contribution in [0.15, 0.2) is 94.5 Å². The highest BCUT2D eigenvalue weighted by Gasteiger charge is 2.23. The number of esters is 1. The first kappa shape index (κ1) is 28.9. The number of nitrogens with zero attached hydrogens (tertiary/aromatic N) is 1. The summed E-state index contributed by atoms with van der Waals surface area (Å²) in [5.74, 6) is 0.128. The molecule has 1 heterocycles. The smallest absolute Gasteiger partial charge is 0.345 e. The van der Waals surface area contributed by atoms with Gasteiger partial charge >= 0.3 is 5.97 Å². The molecule has 4 aromatic carbocycles. The Bertz CT molecular complexity index is 1800. The molecule has 0 radical (unpaired) electrons. The summed E-state index contributed by atoms with van der Waals surface area (Å²) in [7, 11) is 1.58. The largest absolute Gasteiger partial charge is 0.495 e. The number of H-pyrrole nitrogens is 1. The Morgan fingerprint density at radius 3 is 2.45 bits per heavy atom. The molecule has 0 bridgehead atoms. The van der Waals surface area contributed by atoms with E-state index in [0.29, 0.717) is 40.4 Å². The topological polar surface area (TPSA) is 102 Å². The van der Waals surface area contributed by atoms with Crippen molar-refractivity contribution in [2.75, 3.05) is 13.7 Å². The number of carbonyl (C=O) groups is 2. The van der Waals surface area contributed by atoms with Gasteiger partial charge in [0.25, 0.3) is 5.91 Å². The average Bonchev–Trinajstić information content (AvgIpc) is 3.41. The molecular formula is C32H25BrClN3O5. The van der Waals surface area contributed by atoms with E-state index in [1.54, 1.807) is 49.6 Å². The molecule has 0 saturated heterocycles. The average molecular weight is 647 g/mol. The van der Waals surface area contributed by atoms with Crippen molar-refractivity contribution in [1.29, 1.82) is 0 Å². The fraction of sp³-hybridized carbons (Fsp3) is 0.0938. The van der Waals surface area contributed by atoms with Crippen LogP contribution in [0.25, 0.3) is 22.0 Å². The highest BCUT2D eigenvalue weighted by molar-refractivity contribution is 9.10. The van der Waals surface area contributed by atoms with Crippen LogP contribution in [0.4, 0.5) is 0 Å². The second kappa shape index (κ2) is 12.9. The molecule has 0 unspecified atom stereocenters. The molecule has 0 fully saturated rings. The molecule has 2 N–H and O–H groups in total. The van der Waals surface area contributed by atoms with Crippen molar-refractivity contribution in [2.24, 2.45) is 5.10 Å². The molecule has 8 nitrogen and oxygen atoms in total. The Hall–Kier alpha value is -4.60. The van der Waals surface area contributed by atoms with Crippen LogP contribution >= 0.6 is 27.5 Å². The summed E-state index contributed by atoms with van der Waals surface area (Å²) in [5, 5.41) is 5.28. The summed E-state index contributed by atoms with van der Waals surface area (Å²) in [6.07, 6.45) is 1.47. The van der Waals surface area contributed by atoms with Gasteiger partial charge in [-0.05, 0) is 60.5 Å². The van der Waals surface area contributed by atoms with Gasteiger partial charge in [0.2, 0.25) is 0 Å². The van der Waals surface area contributed by atoms with E-state index in [1.807, 2.05) is 49.4 Å². The predicted octanol–water partition coefficient (Wildman–Crippen LogP) is 7.64. The first-order valence-electron chi connectivity index (χ1n) is 12.9. The fourth-order valence-electron chi connectivity index (χ4n) is 4.43. The number of hydrogen-bond donors (Lipinski definition) is 2. The Morgan fingerprint density at radius 1 is 0.976 bits per heavy atom. The zero-order valence-corrected chi connectivity index (χ0v) is 25.0. The van der Waals surface area contributed by atoms with Crippen LogP contribution in [0.3, 0.4) is 0 Å². The summed E-state index contributed by atoms with van der Waals surface area (Å²) in [6.45, 7) is 2.16. The van der Waals surface area contributed by atoms with Crippen LogP contribution in [-0.2, 0) is 0 Å². The number of ether oxygens (including phenoxy) is 3. The number of nitrogens with one attached hydrogen (secondary N) is 2. The molecule has 1 aromatic heterocycles. The highest BCUT2D eigenvalue weighted by Crippen LogP contribution is 2.41. The van der Waals surface area contributed by atoms with Crippen LogP contribution in [0.5, 0.6) is 17.2 Å². The molecule has 0 aliphatic heterocycles. The Balaban J connectivity index is 1.40. The fourth-order valence-corrected chi connectivity index (χ4v) is 5.18. The third-order valence-electron chi connectivity index (χ3n) is 6.32. The Kier molecular flexibility index (Phi) is 8.90. The van der Waals surface area contributed by atoms with E-state index in [-0.39, 0.29) is 16.3 Å². The lowest BCUT2D eigenvalue weighted by atomic mass is 10.0. The van der Waals surface area contributed by atoms with Crippen molar-refractivity contribution in [3.05, 3.63) is 111 Å². The van der Waals surface area contributed by atoms with Gasteiger partial charge in [0.15, 0.2) is 11.5 Å². The number of methoxy groups -OCH3 is 1. The van der Waals surface area contributed by atoms with Gasteiger partial charge in [-0.1, -0.05) is 70.0 Å². The SMILES string of the molecule is CCOc1cc(C=NNC(=O)c2[nH]c3c(OC)ccc(Br)c3c2-c2ccccc2)ccc1OC(=O)c1ccccc1Cl. The standard InChI is InChI=1S/C32H25BrClN3O5/c1-3-41-26-17-19(13-15-24(26)42-32(39)21-11-7-8-12-23(21)34)18-35-37-31(38)30-27(20-9-5-4-6-10-20)28-22(33)14-16-25(40-2)29(28)36-30/h4-18,36H,3H2,1-2H3,(H,37,38). The lowest BCUT2D eigenvalue weighted by molar-refractivity contribution is 0.0728. The lowest BCUT2D eigenvalue weighted by Gasteiger charge is -2.12. The van der Waals surface area contributed by atoms with Crippen molar-refractivity contribution in [2.45, 2.75) is 6.92 Å². The zero-order chi connectivity index (χ0) is 29.6. The maximum absolute atomic E-state index is 13.4. The molecule has 10 heteroatoms. The molecule has 0 spiro atoms. The first-order chi connectivity index (χ1) is 20.4. The van der Waals surface area contributed by atoms with E-state index in [2.05, 4.69) is 31.4 Å². The van der Waals surface area contributed by atoms with Crippen molar-refractivity contribution in [3.63, 3.8) is 0 Å². The minimum absolute atomic E-state index is 0.230. The molecule has 212 valence electrons. The number of halogens is 2. The third kappa shape index (κ3) is 6.02.